The second-order valence-electron chi connectivity index (χ2n) is 4.24. The van der Waals surface area contributed by atoms with Gasteiger partial charge in [0.05, 0.1) is 10.2 Å². The molecule has 0 fully saturated rings. The minimum Gasteiger partial charge on any atom is -0.372 e. The van der Waals surface area contributed by atoms with Gasteiger partial charge in [0.25, 0.3) is 0 Å². The quantitative estimate of drug-likeness (QED) is 0.841. The predicted molar refractivity (Wildman–Crippen MR) is 86.5 cm³/mol. The molecule has 1 heterocycles. The summed E-state index contributed by atoms with van der Waals surface area (Å²) in [5, 5.41) is 3.10. The first-order chi connectivity index (χ1) is 9.06. The van der Waals surface area contributed by atoms with Gasteiger partial charge in [-0.05, 0) is 47.0 Å². The molecule has 0 saturated heterocycles. The first-order valence-corrected chi connectivity index (χ1v) is 7.66. The van der Waals surface area contributed by atoms with Gasteiger partial charge in [0, 0.05) is 17.1 Å². The van der Waals surface area contributed by atoms with E-state index in [-0.39, 0.29) is 0 Å². The molecule has 1 aromatic carbocycles. The van der Waals surface area contributed by atoms with Crippen LogP contribution >= 0.6 is 31.9 Å². The fourth-order valence-corrected chi connectivity index (χ4v) is 3.14. The number of anilines is 1. The lowest BCUT2D eigenvalue weighted by Crippen LogP contribution is -2.03. The fourth-order valence-electron chi connectivity index (χ4n) is 1.82. The second-order valence-corrected chi connectivity index (χ2v) is 5.89. The van der Waals surface area contributed by atoms with Gasteiger partial charge in [-0.15, -0.1) is 0 Å². The molecule has 1 aromatic heterocycles. The Morgan fingerprint density at radius 3 is 2.53 bits per heavy atom. The maximum absolute atomic E-state index is 4.63. The van der Waals surface area contributed by atoms with E-state index in [0.717, 1.165) is 38.3 Å². The molecule has 0 amide bonds. The maximum Gasteiger partial charge on any atom is 0.162 e. The van der Waals surface area contributed by atoms with Gasteiger partial charge >= 0.3 is 0 Å². The lowest BCUT2D eigenvalue weighted by Gasteiger charge is -2.11. The highest BCUT2D eigenvalue weighted by Gasteiger charge is 2.13. The number of aromatic nitrogens is 2. The number of hydrogen-bond donors (Lipinski definition) is 1. The average Bonchev–Trinajstić information content (AvgIpc) is 2.39. The fraction of sp³-hybridized carbons (Fsp3) is 0.286. The molecule has 0 atom stereocenters. The van der Waals surface area contributed by atoms with Crippen LogP contribution in [0, 0.1) is 6.92 Å². The molecule has 0 saturated carbocycles. The van der Waals surface area contributed by atoms with Crippen molar-refractivity contribution in [3.63, 3.8) is 0 Å². The van der Waals surface area contributed by atoms with Gasteiger partial charge in [0.2, 0.25) is 0 Å². The molecule has 2 rings (SSSR count). The van der Waals surface area contributed by atoms with E-state index in [4.69, 9.17) is 0 Å². The number of aryl methyl sites for hydroxylation is 2. The van der Waals surface area contributed by atoms with Crippen molar-refractivity contribution >= 4 is 37.7 Å². The van der Waals surface area contributed by atoms with E-state index >= 15 is 0 Å². The van der Waals surface area contributed by atoms with Crippen molar-refractivity contribution < 1.29 is 0 Å². The van der Waals surface area contributed by atoms with E-state index in [1.165, 1.54) is 5.56 Å². The molecule has 19 heavy (non-hydrogen) atoms. The summed E-state index contributed by atoms with van der Waals surface area (Å²) in [5.41, 5.74) is 3.21. The predicted octanol–water partition coefficient (Wildman–Crippen LogP) is 4.58. The van der Waals surface area contributed by atoms with E-state index < -0.39 is 0 Å². The third-order valence-electron chi connectivity index (χ3n) is 2.86. The Labute approximate surface area is 130 Å². The Hall–Kier alpha value is -0.940. The minimum absolute atomic E-state index is 0.733. The van der Waals surface area contributed by atoms with Crippen molar-refractivity contribution in [3.05, 3.63) is 38.4 Å². The minimum atomic E-state index is 0.733. The zero-order valence-electron chi connectivity index (χ0n) is 11.1. The highest BCUT2D eigenvalue weighted by molar-refractivity contribution is 9.11. The van der Waals surface area contributed by atoms with Gasteiger partial charge < -0.3 is 5.32 Å². The van der Waals surface area contributed by atoms with Crippen LogP contribution in [0.3, 0.4) is 0 Å². The summed E-state index contributed by atoms with van der Waals surface area (Å²) in [5.74, 6) is 1.55. The second kappa shape index (κ2) is 6.01. The summed E-state index contributed by atoms with van der Waals surface area (Å²) in [6, 6.07) is 6.18. The van der Waals surface area contributed by atoms with Crippen LogP contribution in [-0.2, 0) is 6.42 Å². The van der Waals surface area contributed by atoms with Crippen LogP contribution < -0.4 is 5.32 Å². The first-order valence-electron chi connectivity index (χ1n) is 6.07. The van der Waals surface area contributed by atoms with E-state index in [0.29, 0.717) is 0 Å². The highest BCUT2D eigenvalue weighted by atomic mass is 79.9. The van der Waals surface area contributed by atoms with Crippen molar-refractivity contribution in [2.24, 2.45) is 0 Å². The topological polar surface area (TPSA) is 37.8 Å². The highest BCUT2D eigenvalue weighted by Crippen LogP contribution is 2.31. The van der Waals surface area contributed by atoms with E-state index in [1.807, 2.05) is 13.1 Å². The van der Waals surface area contributed by atoms with Crippen LogP contribution in [0.15, 0.2) is 27.1 Å². The summed E-state index contributed by atoms with van der Waals surface area (Å²) >= 11 is 7.12. The number of nitrogens with one attached hydrogen (secondary N) is 1. The monoisotopic (exact) mass is 383 g/mol. The summed E-state index contributed by atoms with van der Waals surface area (Å²) < 4.78 is 1.95. The summed E-state index contributed by atoms with van der Waals surface area (Å²) in [6.07, 6.45) is 0.855. The Balaban J connectivity index is 2.62. The van der Waals surface area contributed by atoms with Crippen LogP contribution in [0.1, 0.15) is 18.2 Å². The van der Waals surface area contributed by atoms with Gasteiger partial charge in [0.1, 0.15) is 5.82 Å². The molecule has 1 N–H and O–H groups in total. The van der Waals surface area contributed by atoms with Crippen LogP contribution in [0.5, 0.6) is 0 Å². The maximum atomic E-state index is 4.63. The van der Waals surface area contributed by atoms with Crippen molar-refractivity contribution in [1.29, 1.82) is 0 Å². The molecule has 0 aliphatic heterocycles. The SMILES string of the molecule is CCc1nc(-c2ccc(C)cc2Br)nc(NC)c1Br. The molecule has 0 aliphatic carbocycles. The lowest BCUT2D eigenvalue weighted by atomic mass is 10.1. The number of halogens is 2. The van der Waals surface area contributed by atoms with Crippen LogP contribution in [-0.4, -0.2) is 17.0 Å². The van der Waals surface area contributed by atoms with Gasteiger partial charge in [-0.1, -0.05) is 28.9 Å². The molecule has 5 heteroatoms. The molecule has 0 unspecified atom stereocenters. The summed E-state index contributed by atoms with van der Waals surface area (Å²) in [7, 11) is 1.86. The van der Waals surface area contributed by atoms with E-state index in [2.05, 4.69) is 73.1 Å². The average molecular weight is 385 g/mol. The molecule has 100 valence electrons. The molecule has 3 nitrogen and oxygen atoms in total. The van der Waals surface area contributed by atoms with Crippen molar-refractivity contribution in [2.75, 3.05) is 12.4 Å². The largest absolute Gasteiger partial charge is 0.372 e. The van der Waals surface area contributed by atoms with Gasteiger partial charge in [0.15, 0.2) is 5.82 Å². The Morgan fingerprint density at radius 1 is 1.21 bits per heavy atom. The van der Waals surface area contributed by atoms with Gasteiger partial charge in [-0.2, -0.15) is 0 Å². The lowest BCUT2D eigenvalue weighted by molar-refractivity contribution is 0.990. The molecule has 0 radical (unpaired) electrons. The third-order valence-corrected chi connectivity index (χ3v) is 4.35. The zero-order chi connectivity index (χ0) is 14.0. The Bertz CT molecular complexity index is 587. The van der Waals surface area contributed by atoms with Crippen LogP contribution in [0.4, 0.5) is 5.82 Å². The Kier molecular flexibility index (Phi) is 4.58. The number of hydrogen-bond acceptors (Lipinski definition) is 3. The molecule has 0 aliphatic rings. The number of rotatable bonds is 3. The van der Waals surface area contributed by atoms with Crippen LogP contribution in [0.25, 0.3) is 11.4 Å². The summed E-state index contributed by atoms with van der Waals surface area (Å²) in [4.78, 5) is 9.19. The van der Waals surface area contributed by atoms with Gasteiger partial charge in [-0.3, -0.25) is 0 Å². The molecule has 0 bridgehead atoms. The first kappa shape index (κ1) is 14.5. The Morgan fingerprint density at radius 2 is 1.95 bits per heavy atom. The normalized spacial score (nSPS) is 10.6. The molecule has 2 aromatic rings. The van der Waals surface area contributed by atoms with Crippen molar-refractivity contribution in [3.8, 4) is 11.4 Å². The van der Waals surface area contributed by atoms with Crippen molar-refractivity contribution in [1.82, 2.24) is 9.97 Å². The number of nitrogens with zero attached hydrogens (tertiary/aromatic N) is 2. The molecular formula is C14H15Br2N3. The van der Waals surface area contributed by atoms with E-state index in [9.17, 15) is 0 Å². The summed E-state index contributed by atoms with van der Waals surface area (Å²) in [6.45, 7) is 4.15. The van der Waals surface area contributed by atoms with Gasteiger partial charge in [-0.25, -0.2) is 9.97 Å². The number of benzene rings is 1. The smallest absolute Gasteiger partial charge is 0.162 e. The zero-order valence-corrected chi connectivity index (χ0v) is 14.3. The van der Waals surface area contributed by atoms with Crippen molar-refractivity contribution in [2.45, 2.75) is 20.3 Å². The van der Waals surface area contributed by atoms with Crippen LogP contribution in [0.2, 0.25) is 0 Å². The molecule has 0 spiro atoms. The molecular weight excluding hydrogens is 370 g/mol. The standard InChI is InChI=1S/C14H15Br2N3/c1-4-11-12(16)14(17-3)19-13(18-11)9-6-5-8(2)7-10(9)15/h5-7H,4H2,1-3H3,(H,17,18,19). The third kappa shape index (κ3) is 2.98. The van der Waals surface area contributed by atoms with E-state index in [1.54, 1.807) is 0 Å².